The largest absolute Gasteiger partial charge is 0.493 e. The molecule has 1 atom stereocenters. The first kappa shape index (κ1) is 32.9. The monoisotopic (exact) mass is 659 g/mol. The molecule has 3 aromatic rings. The highest BCUT2D eigenvalue weighted by Gasteiger charge is 2.33. The standard InChI is InChI=1S/C31H38BrN3O6S/c1-21-8-15-26(16-9-21)42(38,39)35(25-14-17-27(40-6)28(18-25)41-7)20-29(36)34(19-23-10-12-24(32)13-11-23)22(2)30(37)33-31(3,4)5/h8-18,22H,19-20H2,1-7H3,(H,33,37)/t22-/m0/s1. The van der Waals surface area contributed by atoms with Gasteiger partial charge in [0.2, 0.25) is 11.8 Å². The summed E-state index contributed by atoms with van der Waals surface area (Å²) in [5, 5.41) is 2.92. The fourth-order valence-electron chi connectivity index (χ4n) is 4.19. The second kappa shape index (κ2) is 13.6. The maximum Gasteiger partial charge on any atom is 0.264 e. The molecule has 2 amide bonds. The van der Waals surface area contributed by atoms with Gasteiger partial charge in [-0.2, -0.15) is 0 Å². The Morgan fingerprint density at radius 3 is 2.07 bits per heavy atom. The summed E-state index contributed by atoms with van der Waals surface area (Å²) in [7, 11) is -1.29. The van der Waals surface area contributed by atoms with E-state index < -0.39 is 34.1 Å². The quantitative estimate of drug-likeness (QED) is 0.299. The van der Waals surface area contributed by atoms with Gasteiger partial charge < -0.3 is 19.7 Å². The lowest BCUT2D eigenvalue weighted by atomic mass is 10.1. The molecule has 0 bridgehead atoms. The van der Waals surface area contributed by atoms with Gasteiger partial charge in [0.1, 0.15) is 12.6 Å². The number of methoxy groups -OCH3 is 2. The number of amides is 2. The number of aryl methyl sites for hydroxylation is 1. The fourth-order valence-corrected chi connectivity index (χ4v) is 5.86. The number of anilines is 1. The average Bonchev–Trinajstić information content (AvgIpc) is 2.94. The van der Waals surface area contributed by atoms with Crippen molar-refractivity contribution in [1.82, 2.24) is 10.2 Å². The second-order valence-corrected chi connectivity index (χ2v) is 13.7. The molecule has 0 saturated heterocycles. The van der Waals surface area contributed by atoms with Gasteiger partial charge in [0, 0.05) is 22.6 Å². The Morgan fingerprint density at radius 1 is 0.929 bits per heavy atom. The lowest BCUT2D eigenvalue weighted by Gasteiger charge is -2.33. The number of nitrogens with zero attached hydrogens (tertiary/aromatic N) is 2. The fraction of sp³-hybridized carbons (Fsp3) is 0.355. The van der Waals surface area contributed by atoms with E-state index in [2.05, 4.69) is 21.2 Å². The predicted octanol–water partition coefficient (Wildman–Crippen LogP) is 5.30. The van der Waals surface area contributed by atoms with E-state index in [0.29, 0.717) is 11.5 Å². The van der Waals surface area contributed by atoms with Crippen LogP contribution in [0.15, 0.2) is 76.1 Å². The number of carbonyl (C=O) groups excluding carboxylic acids is 2. The zero-order valence-corrected chi connectivity index (χ0v) is 27.4. The van der Waals surface area contributed by atoms with Crippen LogP contribution in [0.1, 0.15) is 38.8 Å². The summed E-state index contributed by atoms with van der Waals surface area (Å²) in [6, 6.07) is 17.5. The van der Waals surface area contributed by atoms with Crippen LogP contribution in [-0.4, -0.2) is 57.5 Å². The molecule has 1 N–H and O–H groups in total. The molecule has 0 aliphatic carbocycles. The normalized spacial score (nSPS) is 12.3. The van der Waals surface area contributed by atoms with E-state index in [4.69, 9.17) is 9.47 Å². The van der Waals surface area contributed by atoms with Crippen LogP contribution in [0.4, 0.5) is 5.69 Å². The Hall–Kier alpha value is -3.57. The van der Waals surface area contributed by atoms with E-state index in [0.717, 1.165) is 19.9 Å². The number of sulfonamides is 1. The average molecular weight is 661 g/mol. The van der Waals surface area contributed by atoms with Crippen molar-refractivity contribution in [2.45, 2.75) is 57.6 Å². The first-order chi connectivity index (χ1) is 19.7. The van der Waals surface area contributed by atoms with Gasteiger partial charge in [0.25, 0.3) is 10.0 Å². The highest BCUT2D eigenvalue weighted by Crippen LogP contribution is 2.34. The number of ether oxygens (including phenoxy) is 2. The molecule has 11 heteroatoms. The minimum absolute atomic E-state index is 0.0219. The summed E-state index contributed by atoms with van der Waals surface area (Å²) >= 11 is 3.42. The molecular formula is C31H38BrN3O6S. The first-order valence-electron chi connectivity index (χ1n) is 13.3. The van der Waals surface area contributed by atoms with Gasteiger partial charge in [0.05, 0.1) is 24.8 Å². The maximum absolute atomic E-state index is 14.1. The number of halogens is 1. The van der Waals surface area contributed by atoms with Gasteiger partial charge in [-0.15, -0.1) is 0 Å². The van der Waals surface area contributed by atoms with E-state index in [1.165, 1.54) is 37.3 Å². The lowest BCUT2D eigenvalue weighted by molar-refractivity contribution is -0.140. The molecule has 0 spiro atoms. The van der Waals surface area contributed by atoms with Gasteiger partial charge in [-0.05, 0) is 76.6 Å². The molecular weight excluding hydrogens is 622 g/mol. The predicted molar refractivity (Wildman–Crippen MR) is 167 cm³/mol. The topological polar surface area (TPSA) is 105 Å². The number of hydrogen-bond acceptors (Lipinski definition) is 6. The highest BCUT2D eigenvalue weighted by molar-refractivity contribution is 9.10. The molecule has 0 aliphatic heterocycles. The highest BCUT2D eigenvalue weighted by atomic mass is 79.9. The van der Waals surface area contributed by atoms with Gasteiger partial charge >= 0.3 is 0 Å². The zero-order valence-electron chi connectivity index (χ0n) is 25.0. The molecule has 0 heterocycles. The van der Waals surface area contributed by atoms with Gasteiger partial charge in [-0.1, -0.05) is 45.8 Å². The van der Waals surface area contributed by atoms with E-state index in [1.807, 2.05) is 52.0 Å². The van der Waals surface area contributed by atoms with Crippen molar-refractivity contribution in [3.8, 4) is 11.5 Å². The number of nitrogens with one attached hydrogen (secondary N) is 1. The number of benzene rings is 3. The zero-order chi connectivity index (χ0) is 31.2. The molecule has 9 nitrogen and oxygen atoms in total. The Bertz CT molecular complexity index is 1500. The van der Waals surface area contributed by atoms with Crippen LogP contribution >= 0.6 is 15.9 Å². The van der Waals surface area contributed by atoms with Crippen LogP contribution in [-0.2, 0) is 26.2 Å². The summed E-state index contributed by atoms with van der Waals surface area (Å²) in [6.07, 6.45) is 0. The summed E-state index contributed by atoms with van der Waals surface area (Å²) < 4.78 is 40.7. The van der Waals surface area contributed by atoms with Crippen LogP contribution in [0, 0.1) is 6.92 Å². The first-order valence-corrected chi connectivity index (χ1v) is 15.6. The molecule has 3 aromatic carbocycles. The van der Waals surface area contributed by atoms with E-state index in [-0.39, 0.29) is 23.0 Å². The van der Waals surface area contributed by atoms with Crippen LogP contribution in [0.2, 0.25) is 0 Å². The molecule has 3 rings (SSSR count). The summed E-state index contributed by atoms with van der Waals surface area (Å²) in [5.41, 5.74) is 1.35. The van der Waals surface area contributed by atoms with Crippen molar-refractivity contribution < 1.29 is 27.5 Å². The Morgan fingerprint density at radius 2 is 1.52 bits per heavy atom. The third-order valence-electron chi connectivity index (χ3n) is 6.47. The summed E-state index contributed by atoms with van der Waals surface area (Å²) in [5.74, 6) is -0.201. The molecule has 0 aliphatic rings. The minimum atomic E-state index is -4.21. The van der Waals surface area contributed by atoms with E-state index in [1.54, 1.807) is 31.2 Å². The molecule has 0 radical (unpaired) electrons. The smallest absolute Gasteiger partial charge is 0.264 e. The molecule has 0 unspecified atom stereocenters. The minimum Gasteiger partial charge on any atom is -0.493 e. The third kappa shape index (κ3) is 8.25. The second-order valence-electron chi connectivity index (χ2n) is 10.9. The Kier molecular flexibility index (Phi) is 10.7. The van der Waals surface area contributed by atoms with E-state index in [9.17, 15) is 18.0 Å². The molecule has 226 valence electrons. The van der Waals surface area contributed by atoms with Gasteiger partial charge in [0.15, 0.2) is 11.5 Å². The van der Waals surface area contributed by atoms with Crippen molar-refractivity contribution in [2.75, 3.05) is 25.1 Å². The van der Waals surface area contributed by atoms with Crippen molar-refractivity contribution in [3.63, 3.8) is 0 Å². The van der Waals surface area contributed by atoms with E-state index >= 15 is 0 Å². The molecule has 0 saturated carbocycles. The summed E-state index contributed by atoms with van der Waals surface area (Å²) in [6.45, 7) is 8.58. The van der Waals surface area contributed by atoms with Crippen molar-refractivity contribution in [2.24, 2.45) is 0 Å². The maximum atomic E-state index is 14.1. The lowest BCUT2D eigenvalue weighted by Crippen LogP contribution is -2.54. The Labute approximate surface area is 257 Å². The van der Waals surface area contributed by atoms with Crippen molar-refractivity contribution in [3.05, 3.63) is 82.3 Å². The van der Waals surface area contributed by atoms with Crippen LogP contribution in [0.25, 0.3) is 0 Å². The molecule has 42 heavy (non-hydrogen) atoms. The molecule has 0 fully saturated rings. The number of hydrogen-bond donors (Lipinski definition) is 1. The van der Waals surface area contributed by atoms with Crippen molar-refractivity contribution in [1.29, 1.82) is 0 Å². The Balaban J connectivity index is 2.09. The van der Waals surface area contributed by atoms with Gasteiger partial charge in [-0.3, -0.25) is 13.9 Å². The van der Waals surface area contributed by atoms with Crippen molar-refractivity contribution >= 4 is 43.5 Å². The number of carbonyl (C=O) groups is 2. The van der Waals surface area contributed by atoms with Crippen LogP contribution in [0.5, 0.6) is 11.5 Å². The van der Waals surface area contributed by atoms with Crippen LogP contribution in [0.3, 0.4) is 0 Å². The molecule has 0 aromatic heterocycles. The summed E-state index contributed by atoms with van der Waals surface area (Å²) in [4.78, 5) is 28.7. The van der Waals surface area contributed by atoms with Crippen LogP contribution < -0.4 is 19.1 Å². The third-order valence-corrected chi connectivity index (χ3v) is 8.79. The van der Waals surface area contributed by atoms with Gasteiger partial charge in [-0.25, -0.2) is 8.42 Å². The SMILES string of the molecule is COc1ccc(N(CC(=O)N(Cc2ccc(Br)cc2)[C@@H](C)C(=O)NC(C)(C)C)S(=O)(=O)c2ccc(C)cc2)cc1OC. The number of rotatable bonds is 11.